The minimum atomic E-state index is -0.178. The van der Waals surface area contributed by atoms with Crippen LogP contribution in [0.1, 0.15) is 17.9 Å². The normalized spacial score (nSPS) is 26.2. The van der Waals surface area contributed by atoms with Crippen LogP contribution in [0.15, 0.2) is 24.3 Å². The Labute approximate surface area is 77.2 Å². The maximum absolute atomic E-state index is 12.4. The van der Waals surface area contributed by atoms with E-state index in [2.05, 4.69) is 0 Å². The molecule has 1 aliphatic rings. The SMILES string of the molecule is Cl.NC1CC1c1ccc(F)cc1. The molecule has 2 atom stereocenters. The smallest absolute Gasteiger partial charge is 0.123 e. The van der Waals surface area contributed by atoms with E-state index in [-0.39, 0.29) is 18.2 Å². The van der Waals surface area contributed by atoms with Gasteiger partial charge in [-0.05, 0) is 24.1 Å². The lowest BCUT2D eigenvalue weighted by molar-refractivity contribution is 0.627. The van der Waals surface area contributed by atoms with Crippen LogP contribution in [-0.4, -0.2) is 6.04 Å². The molecular formula is C9H11ClFN. The lowest BCUT2D eigenvalue weighted by Crippen LogP contribution is -2.00. The largest absolute Gasteiger partial charge is 0.327 e. The number of hydrogen-bond donors (Lipinski definition) is 1. The summed E-state index contributed by atoms with van der Waals surface area (Å²) in [6.45, 7) is 0. The monoisotopic (exact) mass is 187 g/mol. The second kappa shape index (κ2) is 3.42. The molecule has 0 spiro atoms. The van der Waals surface area contributed by atoms with Crippen molar-refractivity contribution in [2.45, 2.75) is 18.4 Å². The topological polar surface area (TPSA) is 26.0 Å². The Kier molecular flexibility index (Phi) is 2.70. The Morgan fingerprint density at radius 1 is 1.25 bits per heavy atom. The second-order valence-electron chi connectivity index (χ2n) is 3.06. The summed E-state index contributed by atoms with van der Waals surface area (Å²) in [4.78, 5) is 0. The highest BCUT2D eigenvalue weighted by molar-refractivity contribution is 5.85. The zero-order chi connectivity index (χ0) is 7.84. The molecular weight excluding hydrogens is 177 g/mol. The zero-order valence-corrected chi connectivity index (χ0v) is 7.35. The number of halogens is 2. The molecule has 0 saturated heterocycles. The van der Waals surface area contributed by atoms with Gasteiger partial charge in [-0.15, -0.1) is 12.4 Å². The number of nitrogens with two attached hydrogens (primary N) is 1. The van der Waals surface area contributed by atoms with E-state index in [0.717, 1.165) is 6.42 Å². The number of rotatable bonds is 1. The van der Waals surface area contributed by atoms with Crippen LogP contribution >= 0.6 is 12.4 Å². The second-order valence-corrected chi connectivity index (χ2v) is 3.06. The third kappa shape index (κ3) is 1.76. The Morgan fingerprint density at radius 3 is 2.17 bits per heavy atom. The van der Waals surface area contributed by atoms with E-state index in [9.17, 15) is 4.39 Å². The molecule has 0 radical (unpaired) electrons. The van der Waals surface area contributed by atoms with Crippen molar-refractivity contribution in [3.63, 3.8) is 0 Å². The highest BCUT2D eigenvalue weighted by Crippen LogP contribution is 2.38. The van der Waals surface area contributed by atoms with Crippen LogP contribution in [0.3, 0.4) is 0 Å². The van der Waals surface area contributed by atoms with Crippen molar-refractivity contribution in [2.75, 3.05) is 0 Å². The minimum absolute atomic E-state index is 0. The molecule has 3 heteroatoms. The number of hydrogen-bond acceptors (Lipinski definition) is 1. The third-order valence-electron chi connectivity index (χ3n) is 2.14. The van der Waals surface area contributed by atoms with Crippen LogP contribution in [-0.2, 0) is 0 Å². The van der Waals surface area contributed by atoms with Crippen molar-refractivity contribution in [1.82, 2.24) is 0 Å². The minimum Gasteiger partial charge on any atom is -0.327 e. The quantitative estimate of drug-likeness (QED) is 0.716. The predicted octanol–water partition coefficient (Wildman–Crippen LogP) is 2.06. The first-order chi connectivity index (χ1) is 5.27. The van der Waals surface area contributed by atoms with E-state index in [1.54, 1.807) is 0 Å². The summed E-state index contributed by atoms with van der Waals surface area (Å²) in [5, 5.41) is 0. The molecule has 12 heavy (non-hydrogen) atoms. The molecule has 1 saturated carbocycles. The lowest BCUT2D eigenvalue weighted by Gasteiger charge is -1.96. The van der Waals surface area contributed by atoms with Crippen LogP contribution < -0.4 is 5.73 Å². The summed E-state index contributed by atoms with van der Waals surface area (Å²) in [6.07, 6.45) is 1.05. The van der Waals surface area contributed by atoms with Gasteiger partial charge in [0.25, 0.3) is 0 Å². The molecule has 0 amide bonds. The molecule has 2 N–H and O–H groups in total. The van der Waals surface area contributed by atoms with E-state index < -0.39 is 0 Å². The summed E-state index contributed by atoms with van der Waals surface area (Å²) in [6, 6.07) is 6.90. The molecule has 0 aromatic heterocycles. The van der Waals surface area contributed by atoms with Crippen molar-refractivity contribution in [3.05, 3.63) is 35.6 Å². The van der Waals surface area contributed by atoms with E-state index in [1.807, 2.05) is 12.1 Å². The van der Waals surface area contributed by atoms with E-state index >= 15 is 0 Å². The van der Waals surface area contributed by atoms with Gasteiger partial charge in [0.2, 0.25) is 0 Å². The molecule has 1 aromatic carbocycles. The van der Waals surface area contributed by atoms with Crippen molar-refractivity contribution >= 4 is 12.4 Å². The van der Waals surface area contributed by atoms with Gasteiger partial charge in [0.1, 0.15) is 5.82 Å². The molecule has 1 nitrogen and oxygen atoms in total. The van der Waals surface area contributed by atoms with Crippen LogP contribution in [0.2, 0.25) is 0 Å². The van der Waals surface area contributed by atoms with Gasteiger partial charge in [0.05, 0.1) is 0 Å². The van der Waals surface area contributed by atoms with Crippen molar-refractivity contribution < 1.29 is 4.39 Å². The summed E-state index contributed by atoms with van der Waals surface area (Å²) >= 11 is 0. The fourth-order valence-corrected chi connectivity index (χ4v) is 1.31. The average molecular weight is 188 g/mol. The Morgan fingerprint density at radius 2 is 1.75 bits per heavy atom. The Hall–Kier alpha value is -0.600. The standard InChI is InChI=1S/C9H10FN.ClH/c10-7-3-1-6(2-4-7)8-5-9(8)11;/h1-4,8-9H,5,11H2;1H. The first kappa shape index (κ1) is 9.49. The maximum Gasteiger partial charge on any atom is 0.123 e. The van der Waals surface area contributed by atoms with Crippen molar-refractivity contribution in [1.29, 1.82) is 0 Å². The van der Waals surface area contributed by atoms with Crippen LogP contribution in [0.25, 0.3) is 0 Å². The predicted molar refractivity (Wildman–Crippen MR) is 49.0 cm³/mol. The third-order valence-corrected chi connectivity index (χ3v) is 2.14. The molecule has 1 fully saturated rings. The maximum atomic E-state index is 12.4. The highest BCUT2D eigenvalue weighted by atomic mass is 35.5. The highest BCUT2D eigenvalue weighted by Gasteiger charge is 2.34. The molecule has 1 aliphatic carbocycles. The first-order valence-electron chi connectivity index (χ1n) is 3.78. The molecule has 0 aliphatic heterocycles. The lowest BCUT2D eigenvalue weighted by atomic mass is 10.1. The van der Waals surface area contributed by atoms with Crippen LogP contribution in [0.5, 0.6) is 0 Å². The fraction of sp³-hybridized carbons (Fsp3) is 0.333. The van der Waals surface area contributed by atoms with Gasteiger partial charge in [-0.25, -0.2) is 4.39 Å². The fourth-order valence-electron chi connectivity index (χ4n) is 1.31. The van der Waals surface area contributed by atoms with Gasteiger partial charge in [-0.1, -0.05) is 12.1 Å². The average Bonchev–Trinajstić information content (AvgIpc) is 2.69. The van der Waals surface area contributed by atoms with Gasteiger partial charge in [-0.3, -0.25) is 0 Å². The Bertz CT molecular complexity index is 260. The van der Waals surface area contributed by atoms with E-state index in [0.29, 0.717) is 12.0 Å². The Balaban J connectivity index is 0.000000720. The van der Waals surface area contributed by atoms with E-state index in [4.69, 9.17) is 5.73 Å². The molecule has 1 aromatic rings. The summed E-state index contributed by atoms with van der Waals surface area (Å²) in [5.74, 6) is 0.304. The summed E-state index contributed by atoms with van der Waals surface area (Å²) < 4.78 is 12.4. The number of benzene rings is 1. The zero-order valence-electron chi connectivity index (χ0n) is 6.53. The summed E-state index contributed by atoms with van der Waals surface area (Å²) in [5.41, 5.74) is 6.81. The van der Waals surface area contributed by atoms with Gasteiger partial charge in [0, 0.05) is 12.0 Å². The van der Waals surface area contributed by atoms with Crippen LogP contribution in [0, 0.1) is 5.82 Å². The van der Waals surface area contributed by atoms with Gasteiger partial charge in [0.15, 0.2) is 0 Å². The molecule has 2 unspecified atom stereocenters. The molecule has 2 rings (SSSR count). The van der Waals surface area contributed by atoms with Crippen LogP contribution in [0.4, 0.5) is 4.39 Å². The van der Waals surface area contributed by atoms with Gasteiger partial charge < -0.3 is 5.73 Å². The summed E-state index contributed by atoms with van der Waals surface area (Å²) in [7, 11) is 0. The van der Waals surface area contributed by atoms with E-state index in [1.165, 1.54) is 17.7 Å². The van der Waals surface area contributed by atoms with Gasteiger partial charge in [-0.2, -0.15) is 0 Å². The van der Waals surface area contributed by atoms with Crippen molar-refractivity contribution in [3.8, 4) is 0 Å². The molecule has 66 valence electrons. The molecule has 0 heterocycles. The van der Waals surface area contributed by atoms with Crippen molar-refractivity contribution in [2.24, 2.45) is 5.73 Å². The first-order valence-corrected chi connectivity index (χ1v) is 3.78. The molecule has 0 bridgehead atoms. The van der Waals surface area contributed by atoms with Gasteiger partial charge >= 0.3 is 0 Å².